The molecule has 0 bridgehead atoms. The molecule has 0 fully saturated rings. The van der Waals surface area contributed by atoms with Gasteiger partial charge in [0.2, 0.25) is 0 Å². The number of carbonyl (C=O) groups excluding carboxylic acids is 2. The molecule has 0 aliphatic heterocycles. The number of Topliss-reactive ketones (excluding diaryl/α,β-unsaturated/α-hetero) is 1. The number of anilines is 1. The van der Waals surface area contributed by atoms with Gasteiger partial charge in [-0.3, -0.25) is 14.6 Å². The number of hydrogen-bond donors (Lipinski definition) is 1. The van der Waals surface area contributed by atoms with Crippen LogP contribution in [0, 0.1) is 0 Å². The van der Waals surface area contributed by atoms with Crippen LogP contribution >= 0.6 is 11.6 Å². The van der Waals surface area contributed by atoms with E-state index in [9.17, 15) is 9.59 Å². The second kappa shape index (κ2) is 8.41. The zero-order valence-corrected chi connectivity index (χ0v) is 14.7. The predicted molar refractivity (Wildman–Crippen MR) is 102 cm³/mol. The lowest BCUT2D eigenvalue weighted by Gasteiger charge is -2.08. The average Bonchev–Trinajstić information content (AvgIpc) is 2.64. The van der Waals surface area contributed by atoms with Crippen molar-refractivity contribution in [1.82, 2.24) is 4.98 Å². The molecule has 3 aromatic rings. The minimum absolute atomic E-state index is 0.117. The fourth-order valence-corrected chi connectivity index (χ4v) is 2.79. The van der Waals surface area contributed by atoms with Gasteiger partial charge in [-0.05, 0) is 41.5 Å². The van der Waals surface area contributed by atoms with Crippen LogP contribution in [0.1, 0.15) is 21.5 Å². The van der Waals surface area contributed by atoms with Gasteiger partial charge in [-0.25, -0.2) is 0 Å². The van der Waals surface area contributed by atoms with Crippen molar-refractivity contribution in [3.05, 3.63) is 94.8 Å². The number of amides is 1. The molecule has 130 valence electrons. The quantitative estimate of drug-likeness (QED) is 0.707. The van der Waals surface area contributed by atoms with Crippen molar-refractivity contribution in [1.29, 1.82) is 0 Å². The fourth-order valence-electron chi connectivity index (χ4n) is 2.57. The third-order valence-electron chi connectivity index (χ3n) is 3.86. The minimum Gasteiger partial charge on any atom is -0.322 e. The van der Waals surface area contributed by atoms with E-state index < -0.39 is 0 Å². The van der Waals surface area contributed by atoms with E-state index in [2.05, 4.69) is 10.3 Å². The molecule has 1 N–H and O–H groups in total. The van der Waals surface area contributed by atoms with Crippen LogP contribution in [0.3, 0.4) is 0 Å². The van der Waals surface area contributed by atoms with Gasteiger partial charge in [0.15, 0.2) is 0 Å². The zero-order chi connectivity index (χ0) is 18.4. The second-order valence-corrected chi connectivity index (χ2v) is 6.29. The van der Waals surface area contributed by atoms with Crippen LogP contribution in [0.2, 0.25) is 5.02 Å². The summed E-state index contributed by atoms with van der Waals surface area (Å²) < 4.78 is 0. The first kappa shape index (κ1) is 17.8. The topological polar surface area (TPSA) is 59.1 Å². The summed E-state index contributed by atoms with van der Waals surface area (Å²) >= 11 is 6.03. The van der Waals surface area contributed by atoms with Gasteiger partial charge in [-0.15, -0.1) is 0 Å². The third-order valence-corrected chi connectivity index (χ3v) is 4.19. The summed E-state index contributed by atoms with van der Waals surface area (Å²) in [4.78, 5) is 28.4. The Hall–Kier alpha value is -2.98. The van der Waals surface area contributed by atoms with E-state index in [1.165, 1.54) is 0 Å². The highest BCUT2D eigenvalue weighted by molar-refractivity contribution is 6.34. The van der Waals surface area contributed by atoms with E-state index in [1.54, 1.807) is 48.8 Å². The molecule has 0 saturated heterocycles. The largest absolute Gasteiger partial charge is 0.322 e. The summed E-state index contributed by atoms with van der Waals surface area (Å²) in [7, 11) is 0. The Kier molecular flexibility index (Phi) is 5.77. The first-order valence-corrected chi connectivity index (χ1v) is 8.55. The number of rotatable bonds is 6. The van der Waals surface area contributed by atoms with Gasteiger partial charge in [0.05, 0.1) is 10.6 Å². The van der Waals surface area contributed by atoms with Crippen LogP contribution in [0.25, 0.3) is 0 Å². The Labute approximate surface area is 156 Å². The van der Waals surface area contributed by atoms with Crippen LogP contribution in [0.4, 0.5) is 5.69 Å². The van der Waals surface area contributed by atoms with Crippen LogP contribution in [-0.4, -0.2) is 16.7 Å². The normalized spacial score (nSPS) is 10.3. The van der Waals surface area contributed by atoms with E-state index >= 15 is 0 Å². The molecule has 3 rings (SSSR count). The van der Waals surface area contributed by atoms with Gasteiger partial charge in [-0.1, -0.05) is 41.9 Å². The highest BCUT2D eigenvalue weighted by Gasteiger charge is 2.10. The van der Waals surface area contributed by atoms with Gasteiger partial charge in [0, 0.05) is 30.9 Å². The van der Waals surface area contributed by atoms with Crippen LogP contribution in [0.15, 0.2) is 73.1 Å². The van der Waals surface area contributed by atoms with Crippen LogP contribution < -0.4 is 5.32 Å². The Morgan fingerprint density at radius 2 is 1.62 bits per heavy atom. The van der Waals surface area contributed by atoms with Crippen molar-refractivity contribution in [3.63, 3.8) is 0 Å². The lowest BCUT2D eigenvalue weighted by atomic mass is 10.0. The predicted octanol–water partition coefficient (Wildman–Crippen LogP) is 4.34. The van der Waals surface area contributed by atoms with E-state index in [0.29, 0.717) is 29.1 Å². The second-order valence-electron chi connectivity index (χ2n) is 5.88. The summed E-state index contributed by atoms with van der Waals surface area (Å²) in [6, 6.07) is 17.8. The first-order valence-electron chi connectivity index (χ1n) is 8.17. The summed E-state index contributed by atoms with van der Waals surface area (Å²) in [5.41, 5.74) is 2.87. The van der Waals surface area contributed by atoms with Crippen molar-refractivity contribution in [2.45, 2.75) is 12.8 Å². The van der Waals surface area contributed by atoms with E-state index in [4.69, 9.17) is 11.6 Å². The number of nitrogens with one attached hydrogen (secondary N) is 1. The highest BCUT2D eigenvalue weighted by Crippen LogP contribution is 2.18. The summed E-state index contributed by atoms with van der Waals surface area (Å²) in [6.45, 7) is 0. The van der Waals surface area contributed by atoms with Crippen molar-refractivity contribution in [2.75, 3.05) is 5.32 Å². The van der Waals surface area contributed by atoms with Crippen molar-refractivity contribution in [2.24, 2.45) is 0 Å². The van der Waals surface area contributed by atoms with Gasteiger partial charge in [-0.2, -0.15) is 0 Å². The summed E-state index contributed by atoms with van der Waals surface area (Å²) in [5, 5.41) is 3.21. The molecule has 0 aliphatic rings. The van der Waals surface area contributed by atoms with Crippen LogP contribution in [0.5, 0.6) is 0 Å². The molecule has 0 saturated carbocycles. The average molecular weight is 365 g/mol. The Balaban J connectivity index is 1.59. The number of halogens is 1. The molecule has 26 heavy (non-hydrogen) atoms. The Morgan fingerprint density at radius 1 is 0.885 bits per heavy atom. The van der Waals surface area contributed by atoms with Crippen molar-refractivity contribution >= 4 is 29.0 Å². The SMILES string of the molecule is O=C(Cc1ccc(NC(=O)c2ccccc2Cl)cc1)Cc1cccnc1. The smallest absolute Gasteiger partial charge is 0.257 e. The molecule has 1 amide bonds. The maximum Gasteiger partial charge on any atom is 0.257 e. The number of carbonyl (C=O) groups is 2. The van der Waals surface area contributed by atoms with Gasteiger partial charge in [0.1, 0.15) is 5.78 Å². The molecule has 0 unspecified atom stereocenters. The van der Waals surface area contributed by atoms with Gasteiger partial charge >= 0.3 is 0 Å². The zero-order valence-electron chi connectivity index (χ0n) is 14.0. The van der Waals surface area contributed by atoms with Crippen LogP contribution in [-0.2, 0) is 17.6 Å². The highest BCUT2D eigenvalue weighted by atomic mass is 35.5. The van der Waals surface area contributed by atoms with E-state index in [-0.39, 0.29) is 11.7 Å². The number of pyridine rings is 1. The molecule has 0 radical (unpaired) electrons. The maximum absolute atomic E-state index is 12.2. The summed E-state index contributed by atoms with van der Waals surface area (Å²) in [5.74, 6) is -0.151. The third kappa shape index (κ3) is 4.77. The van der Waals surface area contributed by atoms with E-state index in [0.717, 1.165) is 11.1 Å². The number of benzene rings is 2. The first-order chi connectivity index (χ1) is 12.6. The van der Waals surface area contributed by atoms with Gasteiger partial charge < -0.3 is 5.32 Å². The minimum atomic E-state index is -0.268. The monoisotopic (exact) mass is 364 g/mol. The Bertz CT molecular complexity index is 909. The molecule has 0 aliphatic carbocycles. The molecule has 1 heterocycles. The molecule has 0 spiro atoms. The molecule has 0 atom stereocenters. The van der Waals surface area contributed by atoms with E-state index in [1.807, 2.05) is 24.3 Å². The fraction of sp³-hybridized carbons (Fsp3) is 0.0952. The molecule has 2 aromatic carbocycles. The number of aromatic nitrogens is 1. The van der Waals surface area contributed by atoms with Crippen molar-refractivity contribution < 1.29 is 9.59 Å². The lowest BCUT2D eigenvalue weighted by molar-refractivity contribution is -0.117. The molecular weight excluding hydrogens is 348 g/mol. The van der Waals surface area contributed by atoms with Gasteiger partial charge in [0.25, 0.3) is 5.91 Å². The molecular formula is C21H17ClN2O2. The standard InChI is InChI=1S/C21H17ClN2O2/c22-20-6-2-1-5-19(20)21(26)24-17-9-7-15(8-10-17)12-18(25)13-16-4-3-11-23-14-16/h1-11,14H,12-13H2,(H,24,26). The number of nitrogens with zero attached hydrogens (tertiary/aromatic N) is 1. The van der Waals surface area contributed by atoms with Crippen molar-refractivity contribution in [3.8, 4) is 0 Å². The Morgan fingerprint density at radius 3 is 2.31 bits per heavy atom. The molecule has 4 nitrogen and oxygen atoms in total. The summed E-state index contributed by atoms with van der Waals surface area (Å²) in [6.07, 6.45) is 4.08. The number of hydrogen-bond acceptors (Lipinski definition) is 3. The lowest BCUT2D eigenvalue weighted by Crippen LogP contribution is -2.12. The molecule has 5 heteroatoms. The maximum atomic E-state index is 12.2. The number of ketones is 1. The molecule has 1 aromatic heterocycles.